The van der Waals surface area contributed by atoms with Crippen molar-refractivity contribution >= 4 is 55.3 Å². The van der Waals surface area contributed by atoms with E-state index in [1.54, 1.807) is 11.3 Å². The molecule has 0 N–H and O–H groups in total. The zero-order valence-electron chi connectivity index (χ0n) is 17.2. The third-order valence-corrected chi connectivity index (χ3v) is 7.98. The van der Waals surface area contributed by atoms with Crippen LogP contribution in [0.2, 0.25) is 0 Å². The molecule has 5 nitrogen and oxygen atoms in total. The quantitative estimate of drug-likeness (QED) is 0.411. The number of hydrogen-bond acceptors (Lipinski definition) is 5. The topological polar surface area (TPSA) is 55.8 Å². The monoisotopic (exact) mass is 557 g/mol. The van der Waals surface area contributed by atoms with Crippen LogP contribution in [0.25, 0.3) is 0 Å². The van der Waals surface area contributed by atoms with Crippen LogP contribution in [0.1, 0.15) is 37.6 Å². The van der Waals surface area contributed by atoms with Crippen LogP contribution in [-0.2, 0) is 27.3 Å². The molecule has 1 aromatic heterocycles. The van der Waals surface area contributed by atoms with Crippen molar-refractivity contribution < 1.29 is 19.1 Å². The van der Waals surface area contributed by atoms with E-state index >= 15 is 0 Å². The van der Waals surface area contributed by atoms with Gasteiger partial charge in [-0.15, -0.1) is 11.3 Å². The molecule has 1 amide bonds. The summed E-state index contributed by atoms with van der Waals surface area (Å²) in [6, 6.07) is 11.0. The Bertz CT molecular complexity index is 875. The first-order valence-corrected chi connectivity index (χ1v) is 12.2. The van der Waals surface area contributed by atoms with E-state index in [0.717, 1.165) is 20.2 Å². The Hall–Kier alpha value is -1.38. The summed E-state index contributed by atoms with van der Waals surface area (Å²) in [5.41, 5.74) is 0.287. The molecule has 1 aliphatic rings. The predicted molar refractivity (Wildman–Crippen MR) is 124 cm³/mol. The van der Waals surface area contributed by atoms with Crippen molar-refractivity contribution in [1.82, 2.24) is 4.90 Å². The van der Waals surface area contributed by atoms with Gasteiger partial charge in [-0.3, -0.25) is 4.90 Å². The van der Waals surface area contributed by atoms with E-state index in [1.807, 2.05) is 51.1 Å². The molecule has 1 aromatic carbocycles. The van der Waals surface area contributed by atoms with Crippen LogP contribution in [0, 0.1) is 5.92 Å². The maximum absolute atomic E-state index is 12.9. The number of likely N-dealkylation sites (tertiary alicyclic amines) is 1. The zero-order chi connectivity index (χ0) is 21.9. The number of hydrogen-bond donors (Lipinski definition) is 0. The summed E-state index contributed by atoms with van der Waals surface area (Å²) in [4.78, 5) is 28.4. The number of nitrogens with zero attached hydrogens (tertiary/aromatic N) is 1. The summed E-state index contributed by atoms with van der Waals surface area (Å²) in [6.07, 6.45) is 0.872. The molecule has 0 unspecified atom stereocenters. The number of ether oxygens (including phenoxy) is 2. The fourth-order valence-electron chi connectivity index (χ4n) is 3.42. The van der Waals surface area contributed by atoms with Crippen LogP contribution in [0.15, 0.2) is 44.7 Å². The van der Waals surface area contributed by atoms with Gasteiger partial charge in [0.25, 0.3) is 0 Å². The third-order valence-electron chi connectivity index (χ3n) is 4.70. The lowest BCUT2D eigenvalue weighted by molar-refractivity contribution is -0.150. The van der Waals surface area contributed by atoms with Crippen molar-refractivity contribution in [3.05, 3.63) is 55.1 Å². The van der Waals surface area contributed by atoms with Gasteiger partial charge in [0, 0.05) is 15.9 Å². The second kappa shape index (κ2) is 9.83. The molecule has 2 heterocycles. The number of halogens is 2. The molecule has 8 heteroatoms. The van der Waals surface area contributed by atoms with Gasteiger partial charge in [0.15, 0.2) is 0 Å². The summed E-state index contributed by atoms with van der Waals surface area (Å²) in [6.45, 7) is 6.12. The normalized spacial score (nSPS) is 19.0. The maximum atomic E-state index is 12.9. The molecule has 0 aliphatic carbocycles. The van der Waals surface area contributed by atoms with Gasteiger partial charge in [-0.25, -0.2) is 9.59 Å². The van der Waals surface area contributed by atoms with E-state index in [9.17, 15) is 9.59 Å². The number of thiophene rings is 1. The van der Waals surface area contributed by atoms with Crippen molar-refractivity contribution in [3.8, 4) is 0 Å². The Morgan fingerprint density at radius 2 is 1.90 bits per heavy atom. The van der Waals surface area contributed by atoms with Gasteiger partial charge in [-0.2, -0.15) is 0 Å². The van der Waals surface area contributed by atoms with Crippen LogP contribution in [0.4, 0.5) is 4.79 Å². The number of benzene rings is 1. The highest BCUT2D eigenvalue weighted by Gasteiger charge is 2.42. The number of carbonyl (C=O) groups excluding carboxylic acids is 2. The lowest BCUT2D eigenvalue weighted by Crippen LogP contribution is -2.44. The number of carbonyl (C=O) groups is 2. The van der Waals surface area contributed by atoms with E-state index in [4.69, 9.17) is 9.47 Å². The highest BCUT2D eigenvalue weighted by molar-refractivity contribution is 9.13. The molecule has 1 fully saturated rings. The summed E-state index contributed by atoms with van der Waals surface area (Å²) >= 11 is 8.70. The molecule has 2 atom stereocenters. The van der Waals surface area contributed by atoms with Crippen molar-refractivity contribution in [3.63, 3.8) is 0 Å². The van der Waals surface area contributed by atoms with Crippen LogP contribution in [0.5, 0.6) is 0 Å². The van der Waals surface area contributed by atoms with Crippen LogP contribution < -0.4 is 0 Å². The minimum Gasteiger partial charge on any atom is -0.459 e. The minimum absolute atomic E-state index is 0.157. The van der Waals surface area contributed by atoms with E-state index in [0.29, 0.717) is 13.0 Å². The first-order chi connectivity index (χ1) is 14.1. The molecule has 1 aliphatic heterocycles. The average molecular weight is 559 g/mol. The summed E-state index contributed by atoms with van der Waals surface area (Å²) in [5.74, 6) is -0.231. The summed E-state index contributed by atoms with van der Waals surface area (Å²) in [5, 5.41) is 0. The largest absolute Gasteiger partial charge is 0.459 e. The fourth-order valence-corrected chi connectivity index (χ4v) is 5.71. The zero-order valence-corrected chi connectivity index (χ0v) is 21.2. The van der Waals surface area contributed by atoms with Gasteiger partial charge in [-0.05, 0) is 83.0 Å². The molecule has 0 radical (unpaired) electrons. The molecular weight excluding hydrogens is 534 g/mol. The molecule has 30 heavy (non-hydrogen) atoms. The molecule has 0 bridgehead atoms. The smallest absolute Gasteiger partial charge is 0.411 e. The summed E-state index contributed by atoms with van der Waals surface area (Å²) in [7, 11) is 0. The first-order valence-electron chi connectivity index (χ1n) is 9.76. The van der Waals surface area contributed by atoms with Gasteiger partial charge in [0.1, 0.15) is 18.2 Å². The minimum atomic E-state index is -0.639. The summed E-state index contributed by atoms with van der Waals surface area (Å²) < 4.78 is 13.2. The van der Waals surface area contributed by atoms with Gasteiger partial charge in [0.2, 0.25) is 0 Å². The SMILES string of the molecule is CC(C)(C)OC(=O)N1C[C@@H](Cc2cc(Br)c(Br)s2)C[C@@H]1C(=O)OCc1ccccc1. The number of esters is 1. The van der Waals surface area contributed by atoms with Crippen molar-refractivity contribution in [2.75, 3.05) is 6.54 Å². The van der Waals surface area contributed by atoms with Crippen molar-refractivity contribution in [2.24, 2.45) is 5.92 Å². The molecular formula is C22H25Br2NO4S. The van der Waals surface area contributed by atoms with Crippen molar-refractivity contribution in [2.45, 2.75) is 51.9 Å². The van der Waals surface area contributed by atoms with Gasteiger partial charge < -0.3 is 9.47 Å². The molecule has 0 saturated carbocycles. The molecule has 2 aromatic rings. The van der Waals surface area contributed by atoms with Crippen LogP contribution >= 0.6 is 43.2 Å². The first kappa shape index (κ1) is 23.3. The maximum Gasteiger partial charge on any atom is 0.411 e. The van der Waals surface area contributed by atoms with E-state index in [1.165, 1.54) is 9.78 Å². The van der Waals surface area contributed by atoms with E-state index < -0.39 is 17.7 Å². The van der Waals surface area contributed by atoms with Crippen LogP contribution in [-0.4, -0.2) is 35.2 Å². The number of rotatable bonds is 5. The van der Waals surface area contributed by atoms with Gasteiger partial charge in [-0.1, -0.05) is 30.3 Å². The van der Waals surface area contributed by atoms with Gasteiger partial charge in [0.05, 0.1) is 3.79 Å². The lowest BCUT2D eigenvalue weighted by atomic mass is 10.0. The van der Waals surface area contributed by atoms with E-state index in [-0.39, 0.29) is 18.5 Å². The Balaban J connectivity index is 1.70. The Morgan fingerprint density at radius 1 is 1.20 bits per heavy atom. The van der Waals surface area contributed by atoms with E-state index in [2.05, 4.69) is 37.9 Å². The Labute approximate surface area is 198 Å². The highest BCUT2D eigenvalue weighted by Crippen LogP contribution is 2.36. The number of amides is 1. The Morgan fingerprint density at radius 3 is 2.50 bits per heavy atom. The second-order valence-electron chi connectivity index (χ2n) is 8.38. The Kier molecular flexibility index (Phi) is 7.63. The lowest BCUT2D eigenvalue weighted by Gasteiger charge is -2.27. The predicted octanol–water partition coefficient (Wildman–Crippen LogP) is 6.18. The van der Waals surface area contributed by atoms with Crippen LogP contribution in [0.3, 0.4) is 0 Å². The van der Waals surface area contributed by atoms with Crippen molar-refractivity contribution in [1.29, 1.82) is 0 Å². The standard InChI is InChI=1S/C22H25Br2NO4S/c1-22(2,3)29-21(27)25-12-15(9-16-11-17(23)19(24)30-16)10-18(25)20(26)28-13-14-7-5-4-6-8-14/h4-8,11,15,18H,9-10,12-13H2,1-3H3/t15-,18+/m0/s1. The molecule has 162 valence electrons. The second-order valence-corrected chi connectivity index (χ2v) is 11.7. The highest BCUT2D eigenvalue weighted by atomic mass is 79.9. The third kappa shape index (κ3) is 6.31. The molecule has 3 rings (SSSR count). The molecule has 0 spiro atoms. The average Bonchev–Trinajstić information content (AvgIpc) is 3.22. The molecule has 1 saturated heterocycles. The fraction of sp³-hybridized carbons (Fsp3) is 0.455. The van der Waals surface area contributed by atoms with Gasteiger partial charge >= 0.3 is 12.1 Å².